The van der Waals surface area contributed by atoms with Crippen molar-refractivity contribution in [1.29, 1.82) is 0 Å². The molecule has 0 aliphatic carbocycles. The van der Waals surface area contributed by atoms with Gasteiger partial charge in [-0.15, -0.1) is 0 Å². The second kappa shape index (κ2) is 14.8. The van der Waals surface area contributed by atoms with Gasteiger partial charge in [0.15, 0.2) is 12.2 Å². The highest BCUT2D eigenvalue weighted by molar-refractivity contribution is 6.06. The molecule has 3 unspecified atom stereocenters. The normalized spacial score (nSPS) is 15.0. The number of rotatable bonds is 8. The maximum atomic E-state index is 12.9. The maximum absolute atomic E-state index is 12.9. The highest BCUT2D eigenvalue weighted by Gasteiger charge is 2.34. The van der Waals surface area contributed by atoms with Crippen LogP contribution in [0, 0.1) is 11.8 Å². The Balaban J connectivity index is 0.000000434. The number of aromatic nitrogens is 4. The number of hydrogen-bond donors (Lipinski definition) is 6. The van der Waals surface area contributed by atoms with E-state index in [4.69, 9.17) is 35.9 Å². The third-order valence-electron chi connectivity index (χ3n) is 7.09. The van der Waals surface area contributed by atoms with Crippen molar-refractivity contribution in [2.75, 3.05) is 24.7 Å². The largest absolute Gasteiger partial charge is 0.496 e. The topological polar surface area (TPSA) is 243 Å². The second-order valence-corrected chi connectivity index (χ2v) is 10.0. The predicted octanol–water partition coefficient (Wildman–Crippen LogP) is 1.20. The Bertz CT molecular complexity index is 1850. The quantitative estimate of drug-likeness (QED) is 0.148. The number of carboxylic acids is 2. The number of imidazole rings is 1. The Hall–Kier alpha value is -6.05. The summed E-state index contributed by atoms with van der Waals surface area (Å²) in [5.41, 5.74) is 8.54. The first-order valence-corrected chi connectivity index (χ1v) is 14.1. The number of aliphatic hydroxyl groups is 2. The number of aliphatic carboxylic acids is 2. The maximum Gasteiger partial charge on any atom is 0.335 e. The Kier molecular flexibility index (Phi) is 10.7. The van der Waals surface area contributed by atoms with E-state index in [-0.39, 0.29) is 17.9 Å². The van der Waals surface area contributed by atoms with Crippen molar-refractivity contribution in [2.24, 2.45) is 0 Å². The summed E-state index contributed by atoms with van der Waals surface area (Å²) in [7, 11) is 1.50. The SMILES string of the molecule is CC#CC(=O)N1CCCC1c1nc(-c2ccc(C(=O)Nc3ccccn3)c(OC)c2)c2c(N)nccn12.O=C(O)C(O)C(O)C(=O)O. The minimum atomic E-state index is -2.27. The van der Waals surface area contributed by atoms with Gasteiger partial charge in [-0.2, -0.15) is 0 Å². The van der Waals surface area contributed by atoms with E-state index >= 15 is 0 Å². The summed E-state index contributed by atoms with van der Waals surface area (Å²) in [6.45, 7) is 2.25. The molecule has 0 radical (unpaired) electrons. The smallest absolute Gasteiger partial charge is 0.335 e. The van der Waals surface area contributed by atoms with Crippen LogP contribution in [0.4, 0.5) is 11.6 Å². The van der Waals surface area contributed by atoms with Gasteiger partial charge in [0.1, 0.15) is 34.4 Å². The lowest BCUT2D eigenvalue weighted by molar-refractivity contribution is -0.165. The number of nitrogens with two attached hydrogens (primary N) is 1. The molecule has 1 saturated heterocycles. The average Bonchev–Trinajstić information content (AvgIpc) is 3.70. The van der Waals surface area contributed by atoms with Crippen molar-refractivity contribution in [3.8, 4) is 28.8 Å². The molecule has 7 N–H and O–H groups in total. The molecule has 3 atom stereocenters. The van der Waals surface area contributed by atoms with E-state index in [9.17, 15) is 19.2 Å². The zero-order valence-corrected chi connectivity index (χ0v) is 25.2. The number of likely N-dealkylation sites (tertiary alicyclic amines) is 1. The van der Waals surface area contributed by atoms with E-state index in [1.54, 1.807) is 66.8 Å². The number of fused-ring (bicyclic) bond motifs is 1. The fraction of sp³-hybridized carbons (Fsp3) is 0.258. The number of aliphatic hydroxyl groups excluding tert-OH is 2. The van der Waals surface area contributed by atoms with Crippen LogP contribution in [0.3, 0.4) is 0 Å². The molecule has 1 aliphatic heterocycles. The van der Waals surface area contributed by atoms with Crippen molar-refractivity contribution in [1.82, 2.24) is 24.3 Å². The number of benzene rings is 1. The van der Waals surface area contributed by atoms with Gasteiger partial charge in [-0.1, -0.05) is 18.1 Å². The number of anilines is 2. The first-order chi connectivity index (χ1) is 22.5. The number of methoxy groups -OCH3 is 1. The molecule has 4 heterocycles. The summed E-state index contributed by atoms with van der Waals surface area (Å²) in [6, 6.07) is 10.2. The second-order valence-electron chi connectivity index (χ2n) is 10.0. The zero-order valence-electron chi connectivity index (χ0n) is 25.2. The van der Waals surface area contributed by atoms with Gasteiger partial charge in [0.05, 0.1) is 18.7 Å². The Morgan fingerprint density at radius 1 is 1.06 bits per heavy atom. The van der Waals surface area contributed by atoms with Gasteiger partial charge in [0, 0.05) is 30.7 Å². The molecule has 16 nitrogen and oxygen atoms in total. The highest BCUT2D eigenvalue weighted by Crippen LogP contribution is 2.37. The van der Waals surface area contributed by atoms with E-state index in [0.717, 1.165) is 12.8 Å². The molecule has 2 amide bonds. The summed E-state index contributed by atoms with van der Waals surface area (Å²) in [5.74, 6) is 3.00. The Morgan fingerprint density at radius 3 is 2.40 bits per heavy atom. The third-order valence-corrected chi connectivity index (χ3v) is 7.09. The first-order valence-electron chi connectivity index (χ1n) is 14.1. The van der Waals surface area contributed by atoms with Crippen LogP contribution < -0.4 is 15.8 Å². The van der Waals surface area contributed by atoms with Crippen LogP contribution in [-0.4, -0.2) is 94.3 Å². The Morgan fingerprint density at radius 2 is 1.79 bits per heavy atom. The van der Waals surface area contributed by atoms with E-state index < -0.39 is 24.1 Å². The van der Waals surface area contributed by atoms with Gasteiger partial charge in [-0.3, -0.25) is 14.0 Å². The number of amides is 2. The number of carbonyl (C=O) groups is 4. The van der Waals surface area contributed by atoms with Crippen LogP contribution in [0.1, 0.15) is 42.0 Å². The van der Waals surface area contributed by atoms with Crippen molar-refractivity contribution in [2.45, 2.75) is 38.0 Å². The molecule has 4 aromatic rings. The van der Waals surface area contributed by atoms with E-state index in [2.05, 4.69) is 27.1 Å². The number of pyridine rings is 1. The van der Waals surface area contributed by atoms with Gasteiger partial charge in [0.2, 0.25) is 0 Å². The number of nitrogens with zero attached hydrogens (tertiary/aromatic N) is 5. The molecular weight excluding hydrogens is 614 g/mol. The molecule has 0 spiro atoms. The minimum absolute atomic E-state index is 0.227. The molecule has 1 aliphatic rings. The Labute approximate surface area is 267 Å². The zero-order chi connectivity index (χ0) is 34.2. The fourth-order valence-corrected chi connectivity index (χ4v) is 4.90. The average molecular weight is 646 g/mol. The van der Waals surface area contributed by atoms with Crippen LogP contribution in [-0.2, 0) is 14.4 Å². The van der Waals surface area contributed by atoms with E-state index in [0.29, 0.717) is 52.1 Å². The molecule has 3 aromatic heterocycles. The van der Waals surface area contributed by atoms with Gasteiger partial charge < -0.3 is 41.1 Å². The summed E-state index contributed by atoms with van der Waals surface area (Å²) < 4.78 is 7.44. The number of hydrogen-bond acceptors (Lipinski definition) is 11. The van der Waals surface area contributed by atoms with Crippen LogP contribution in [0.5, 0.6) is 5.75 Å². The number of carboxylic acid groups (broad SMARTS) is 2. The predicted molar refractivity (Wildman–Crippen MR) is 166 cm³/mol. The van der Waals surface area contributed by atoms with Gasteiger partial charge in [-0.25, -0.2) is 24.5 Å². The van der Waals surface area contributed by atoms with Gasteiger partial charge in [0.25, 0.3) is 11.8 Å². The summed E-state index contributed by atoms with van der Waals surface area (Å²) >= 11 is 0. The van der Waals surface area contributed by atoms with Gasteiger partial charge >= 0.3 is 11.9 Å². The van der Waals surface area contributed by atoms with E-state index in [1.807, 2.05) is 4.40 Å². The number of nitrogen functional groups attached to an aromatic ring is 1. The highest BCUT2D eigenvalue weighted by atomic mass is 16.5. The lowest BCUT2D eigenvalue weighted by Gasteiger charge is -2.21. The molecule has 244 valence electrons. The fourth-order valence-electron chi connectivity index (χ4n) is 4.90. The van der Waals surface area contributed by atoms with Crippen LogP contribution >= 0.6 is 0 Å². The monoisotopic (exact) mass is 645 g/mol. The summed E-state index contributed by atoms with van der Waals surface area (Å²) in [6.07, 6.45) is 2.07. The van der Waals surface area contributed by atoms with Crippen LogP contribution in [0.2, 0.25) is 0 Å². The van der Waals surface area contributed by atoms with Crippen molar-refractivity contribution < 1.29 is 44.3 Å². The lowest BCUT2D eigenvalue weighted by Crippen LogP contribution is -2.39. The van der Waals surface area contributed by atoms with Crippen LogP contribution in [0.15, 0.2) is 55.0 Å². The number of ether oxygens (including phenoxy) is 1. The van der Waals surface area contributed by atoms with Gasteiger partial charge in [-0.05, 0) is 50.0 Å². The van der Waals surface area contributed by atoms with Crippen LogP contribution in [0.25, 0.3) is 16.8 Å². The standard InChI is InChI=1S/C27H25N7O3.C4H6O6/c1-3-7-22(35)33-14-6-8-19(33)26-32-23(24-25(28)30-13-15-34(24)26)17-10-11-18(20(16-17)37-2)27(36)31-21-9-4-5-12-29-21;5-1(3(7)8)2(6)4(9)10/h4-5,9-13,15-16,19H,6,8,14H2,1-2H3,(H2,28,30)(H,29,31,36);1-2,5-6H,(H,7,8)(H,9,10). The molecular formula is C31H31N7O9. The summed E-state index contributed by atoms with van der Waals surface area (Å²) in [5, 5.41) is 35.3. The molecule has 1 aromatic carbocycles. The van der Waals surface area contributed by atoms with Crippen molar-refractivity contribution >= 4 is 40.9 Å². The molecule has 0 saturated carbocycles. The third kappa shape index (κ3) is 7.44. The lowest BCUT2D eigenvalue weighted by atomic mass is 10.1. The molecule has 47 heavy (non-hydrogen) atoms. The first kappa shape index (κ1) is 33.8. The molecule has 1 fully saturated rings. The number of nitrogens with one attached hydrogen (secondary N) is 1. The molecule has 0 bridgehead atoms. The van der Waals surface area contributed by atoms with Crippen molar-refractivity contribution in [3.05, 3.63) is 66.4 Å². The van der Waals surface area contributed by atoms with Crippen molar-refractivity contribution in [3.63, 3.8) is 0 Å². The summed E-state index contributed by atoms with van der Waals surface area (Å²) in [4.78, 5) is 60.2. The van der Waals surface area contributed by atoms with E-state index in [1.165, 1.54) is 7.11 Å². The number of carbonyl (C=O) groups excluding carboxylic acids is 2. The molecule has 5 rings (SSSR count). The minimum Gasteiger partial charge on any atom is -0.496 e. The molecule has 16 heteroatoms.